The van der Waals surface area contributed by atoms with Crippen molar-refractivity contribution in [1.29, 1.82) is 0 Å². The van der Waals surface area contributed by atoms with Crippen molar-refractivity contribution in [1.82, 2.24) is 19.9 Å². The average molecular weight is 247 g/mol. The van der Waals surface area contributed by atoms with E-state index in [1.165, 1.54) is 6.33 Å². The lowest BCUT2D eigenvalue weighted by atomic mass is 9.96. The van der Waals surface area contributed by atoms with Crippen LogP contribution in [-0.4, -0.2) is 31.0 Å². The first kappa shape index (κ1) is 10.9. The Kier molecular flexibility index (Phi) is 2.39. The molecule has 4 N–H and O–H groups in total. The molecule has 2 heterocycles. The third kappa shape index (κ3) is 1.59. The highest BCUT2D eigenvalue weighted by molar-refractivity contribution is 5.81. The zero-order valence-electron chi connectivity index (χ0n) is 9.63. The highest BCUT2D eigenvalue weighted by Gasteiger charge is 2.36. The van der Waals surface area contributed by atoms with E-state index in [-0.39, 0.29) is 11.8 Å². The monoisotopic (exact) mass is 247 g/mol. The minimum atomic E-state index is -0.767. The molecule has 0 amide bonds. The molecule has 94 valence electrons. The van der Waals surface area contributed by atoms with Crippen LogP contribution in [0.2, 0.25) is 0 Å². The summed E-state index contributed by atoms with van der Waals surface area (Å²) in [5.74, 6) is -0.237. The summed E-state index contributed by atoms with van der Waals surface area (Å²) >= 11 is 0. The standard InChI is InChI=1S/C11H13N5O2/c12-8-7-10(14-4-13-8)16-9(15-7)5-2-1-3-6(5)11(17)18/h4-6H,1-3H2,(H,17,18)(H3,12,13,14,15,16). The number of carboxylic acid groups (broad SMARTS) is 1. The molecule has 3 rings (SSSR count). The van der Waals surface area contributed by atoms with Gasteiger partial charge in [0.1, 0.15) is 17.7 Å². The number of H-pyrrole nitrogens is 1. The second kappa shape index (κ2) is 3.94. The number of aliphatic carboxylic acids is 1. The van der Waals surface area contributed by atoms with Crippen molar-refractivity contribution >= 4 is 23.0 Å². The second-order valence-corrected chi connectivity index (χ2v) is 4.56. The lowest BCUT2D eigenvalue weighted by Gasteiger charge is -2.12. The van der Waals surface area contributed by atoms with Gasteiger partial charge in [-0.1, -0.05) is 6.42 Å². The van der Waals surface area contributed by atoms with Crippen molar-refractivity contribution in [2.45, 2.75) is 25.2 Å². The first-order valence-electron chi connectivity index (χ1n) is 5.85. The van der Waals surface area contributed by atoms with Crippen LogP contribution in [0.25, 0.3) is 11.2 Å². The Morgan fingerprint density at radius 2 is 2.28 bits per heavy atom. The molecule has 0 saturated heterocycles. The van der Waals surface area contributed by atoms with E-state index in [1.807, 2.05) is 0 Å². The molecule has 2 aromatic rings. The van der Waals surface area contributed by atoms with Gasteiger partial charge < -0.3 is 15.8 Å². The maximum absolute atomic E-state index is 11.2. The molecule has 2 aromatic heterocycles. The molecule has 7 heteroatoms. The van der Waals surface area contributed by atoms with Crippen LogP contribution in [0.15, 0.2) is 6.33 Å². The number of nitrogens with zero attached hydrogens (tertiary/aromatic N) is 3. The van der Waals surface area contributed by atoms with Gasteiger partial charge in [-0.3, -0.25) is 4.79 Å². The summed E-state index contributed by atoms with van der Waals surface area (Å²) < 4.78 is 0. The van der Waals surface area contributed by atoms with Crippen LogP contribution >= 0.6 is 0 Å². The molecular weight excluding hydrogens is 234 g/mol. The van der Waals surface area contributed by atoms with E-state index >= 15 is 0 Å². The fourth-order valence-electron chi connectivity index (χ4n) is 2.62. The number of anilines is 1. The number of rotatable bonds is 2. The molecular formula is C11H13N5O2. The first-order chi connectivity index (χ1) is 8.66. The van der Waals surface area contributed by atoms with Crippen molar-refractivity contribution in [3.8, 4) is 0 Å². The van der Waals surface area contributed by atoms with Crippen LogP contribution in [0, 0.1) is 5.92 Å². The topological polar surface area (TPSA) is 118 Å². The summed E-state index contributed by atoms with van der Waals surface area (Å²) in [6.07, 6.45) is 3.77. The van der Waals surface area contributed by atoms with Gasteiger partial charge in [-0.05, 0) is 12.8 Å². The Morgan fingerprint density at radius 3 is 3.00 bits per heavy atom. The summed E-state index contributed by atoms with van der Waals surface area (Å²) in [7, 11) is 0. The minimum absolute atomic E-state index is 0.0869. The predicted molar refractivity (Wildman–Crippen MR) is 63.8 cm³/mol. The predicted octanol–water partition coefficient (Wildman–Crippen LogP) is 0.903. The highest BCUT2D eigenvalue weighted by Crippen LogP contribution is 2.39. The van der Waals surface area contributed by atoms with Crippen LogP contribution in [0.5, 0.6) is 0 Å². The van der Waals surface area contributed by atoms with Gasteiger partial charge in [0.15, 0.2) is 11.5 Å². The molecule has 0 aliphatic heterocycles. The third-order valence-electron chi connectivity index (χ3n) is 3.52. The molecule has 7 nitrogen and oxygen atoms in total. The fourth-order valence-corrected chi connectivity index (χ4v) is 2.62. The highest BCUT2D eigenvalue weighted by atomic mass is 16.4. The van der Waals surface area contributed by atoms with Gasteiger partial charge in [0, 0.05) is 5.92 Å². The molecule has 1 aliphatic rings. The zero-order valence-corrected chi connectivity index (χ0v) is 9.63. The lowest BCUT2D eigenvalue weighted by Crippen LogP contribution is -2.17. The van der Waals surface area contributed by atoms with Crippen molar-refractivity contribution < 1.29 is 9.90 Å². The SMILES string of the molecule is Nc1ncnc2nc(C3CCCC3C(=O)O)[nH]c12. The van der Waals surface area contributed by atoms with E-state index in [4.69, 9.17) is 5.73 Å². The number of aromatic nitrogens is 4. The number of hydrogen-bond donors (Lipinski definition) is 3. The summed E-state index contributed by atoms with van der Waals surface area (Å²) in [6, 6.07) is 0. The van der Waals surface area contributed by atoms with Gasteiger partial charge in [-0.15, -0.1) is 0 Å². The minimum Gasteiger partial charge on any atom is -0.481 e. The van der Waals surface area contributed by atoms with Gasteiger partial charge in [-0.25, -0.2) is 15.0 Å². The Bertz CT molecular complexity index is 608. The number of carboxylic acids is 1. The van der Waals surface area contributed by atoms with Crippen LogP contribution in [0.3, 0.4) is 0 Å². The average Bonchev–Trinajstić information content (AvgIpc) is 2.95. The van der Waals surface area contributed by atoms with Crippen molar-refractivity contribution in [2.24, 2.45) is 5.92 Å². The summed E-state index contributed by atoms with van der Waals surface area (Å²) in [5, 5.41) is 9.18. The summed E-state index contributed by atoms with van der Waals surface area (Å²) in [6.45, 7) is 0. The number of fused-ring (bicyclic) bond motifs is 1. The summed E-state index contributed by atoms with van der Waals surface area (Å²) in [4.78, 5) is 26.5. The number of nitrogens with one attached hydrogen (secondary N) is 1. The van der Waals surface area contributed by atoms with Gasteiger partial charge in [-0.2, -0.15) is 0 Å². The van der Waals surface area contributed by atoms with Crippen LogP contribution < -0.4 is 5.73 Å². The first-order valence-corrected chi connectivity index (χ1v) is 5.85. The van der Waals surface area contributed by atoms with Crippen molar-refractivity contribution in [2.75, 3.05) is 5.73 Å². The van der Waals surface area contributed by atoms with Gasteiger partial charge in [0.05, 0.1) is 5.92 Å². The van der Waals surface area contributed by atoms with E-state index in [2.05, 4.69) is 19.9 Å². The van der Waals surface area contributed by atoms with Gasteiger partial charge in [0.2, 0.25) is 0 Å². The van der Waals surface area contributed by atoms with E-state index < -0.39 is 5.97 Å². The molecule has 18 heavy (non-hydrogen) atoms. The van der Waals surface area contributed by atoms with E-state index in [9.17, 15) is 9.90 Å². The molecule has 0 radical (unpaired) electrons. The normalized spacial score (nSPS) is 23.6. The van der Waals surface area contributed by atoms with Gasteiger partial charge >= 0.3 is 5.97 Å². The molecule has 2 unspecified atom stereocenters. The maximum Gasteiger partial charge on any atom is 0.307 e. The van der Waals surface area contributed by atoms with Crippen LogP contribution in [0.4, 0.5) is 5.82 Å². The molecule has 0 aromatic carbocycles. The number of nitrogen functional groups attached to an aromatic ring is 1. The quantitative estimate of drug-likeness (QED) is 0.725. The molecule has 2 atom stereocenters. The Labute approximate surface area is 102 Å². The van der Waals surface area contributed by atoms with E-state index in [1.54, 1.807) is 0 Å². The molecule has 1 aliphatic carbocycles. The zero-order chi connectivity index (χ0) is 12.7. The van der Waals surface area contributed by atoms with E-state index in [0.717, 1.165) is 12.8 Å². The molecule has 1 fully saturated rings. The molecule has 0 bridgehead atoms. The third-order valence-corrected chi connectivity index (χ3v) is 3.52. The molecule has 1 saturated carbocycles. The van der Waals surface area contributed by atoms with E-state index in [0.29, 0.717) is 29.2 Å². The number of nitrogens with two attached hydrogens (primary N) is 1. The number of imidazole rings is 1. The number of aromatic amines is 1. The Hall–Kier alpha value is -2.18. The maximum atomic E-state index is 11.2. The molecule has 0 spiro atoms. The van der Waals surface area contributed by atoms with Crippen LogP contribution in [0.1, 0.15) is 31.0 Å². The largest absolute Gasteiger partial charge is 0.481 e. The van der Waals surface area contributed by atoms with Gasteiger partial charge in [0.25, 0.3) is 0 Å². The fraction of sp³-hybridized carbons (Fsp3) is 0.455. The van der Waals surface area contributed by atoms with Crippen molar-refractivity contribution in [3.63, 3.8) is 0 Å². The summed E-state index contributed by atoms with van der Waals surface area (Å²) in [5.41, 5.74) is 6.80. The van der Waals surface area contributed by atoms with Crippen LogP contribution in [-0.2, 0) is 4.79 Å². The smallest absolute Gasteiger partial charge is 0.307 e. The lowest BCUT2D eigenvalue weighted by molar-refractivity contribution is -0.142. The second-order valence-electron chi connectivity index (χ2n) is 4.56. The van der Waals surface area contributed by atoms with Crippen molar-refractivity contribution in [3.05, 3.63) is 12.2 Å². The Morgan fingerprint density at radius 1 is 1.44 bits per heavy atom. The number of carbonyl (C=O) groups is 1. The Balaban J connectivity index is 2.04. The number of hydrogen-bond acceptors (Lipinski definition) is 5.